The van der Waals surface area contributed by atoms with Gasteiger partial charge in [0.15, 0.2) is 0 Å². The summed E-state index contributed by atoms with van der Waals surface area (Å²) < 4.78 is 37.9. The summed E-state index contributed by atoms with van der Waals surface area (Å²) in [5.41, 5.74) is -0.942. The fraction of sp³-hybridized carbons (Fsp3) is 0.581. The van der Waals surface area contributed by atoms with E-state index in [4.69, 9.17) is 9.47 Å². The second kappa shape index (κ2) is 12.3. The summed E-state index contributed by atoms with van der Waals surface area (Å²) in [6, 6.07) is 6.51. The minimum atomic E-state index is -3.94. The van der Waals surface area contributed by atoms with Crippen molar-refractivity contribution in [1.82, 2.24) is 14.9 Å². The molecule has 242 valence electrons. The van der Waals surface area contributed by atoms with Gasteiger partial charge in [-0.25, -0.2) is 13.2 Å². The molecule has 3 fully saturated rings. The van der Waals surface area contributed by atoms with Crippen LogP contribution in [0.3, 0.4) is 0 Å². The molecule has 13 nitrogen and oxygen atoms in total. The van der Waals surface area contributed by atoms with Crippen LogP contribution >= 0.6 is 0 Å². The minimum absolute atomic E-state index is 0.0213. The first-order valence-electron chi connectivity index (χ1n) is 15.2. The Hall–Kier alpha value is -4.12. The van der Waals surface area contributed by atoms with E-state index in [0.29, 0.717) is 37.1 Å². The number of nitriles is 1. The van der Waals surface area contributed by atoms with Crippen molar-refractivity contribution in [2.75, 3.05) is 26.0 Å². The third-order valence-electron chi connectivity index (χ3n) is 9.47. The van der Waals surface area contributed by atoms with Crippen molar-refractivity contribution in [3.63, 3.8) is 0 Å². The zero-order chi connectivity index (χ0) is 32.6. The number of nitrogens with zero attached hydrogens (tertiary/aromatic N) is 2. The molecule has 0 unspecified atom stereocenters. The molecule has 3 aliphatic carbocycles. The van der Waals surface area contributed by atoms with E-state index in [2.05, 4.69) is 15.4 Å². The van der Waals surface area contributed by atoms with E-state index < -0.39 is 62.1 Å². The molecule has 14 heteroatoms. The van der Waals surface area contributed by atoms with E-state index in [0.717, 1.165) is 12.8 Å². The molecule has 0 radical (unpaired) electrons. The highest BCUT2D eigenvalue weighted by Gasteiger charge is 2.63. The Balaban J connectivity index is 1.35. The molecular formula is C31H39N5O8S. The molecule has 0 spiro atoms. The van der Waals surface area contributed by atoms with Crippen molar-refractivity contribution in [1.29, 1.82) is 5.26 Å². The summed E-state index contributed by atoms with van der Waals surface area (Å²) in [6.45, 7) is 2.07. The Kier molecular flexibility index (Phi) is 8.86. The number of carbonyl (C=O) groups is 4. The third-order valence-corrected chi connectivity index (χ3v) is 11.6. The number of hydrogen-bond donors (Lipinski definition) is 3. The van der Waals surface area contributed by atoms with Crippen LogP contribution in [0.1, 0.15) is 63.9 Å². The molecule has 1 aromatic carbocycles. The minimum Gasteiger partial charge on any atom is -0.495 e. The standard InChI is InChI=1S/C31H39N5O8S/c1-30(11-12-30)45(41,42)35-28(39)31-17-20(31)8-6-4-5-7-13-36(2)27(38)23-16-21(15-22(23)26(37)34-31)44-29(40)33-24-14-19(18-32)9-10-25(24)43-3/h6,8-10,14,20-23H,4-5,7,11-13,15-17H2,1-3H3,(H,33,40)(H,34,37)(H,35,39)/b8-6-/t20-,21+,22+,23+,31+/m0/s1. The zero-order valence-electron chi connectivity index (χ0n) is 25.6. The highest BCUT2D eigenvalue weighted by Crippen LogP contribution is 2.48. The fourth-order valence-corrected chi connectivity index (χ4v) is 7.47. The van der Waals surface area contributed by atoms with Crippen LogP contribution in [0.4, 0.5) is 10.5 Å². The largest absolute Gasteiger partial charge is 0.495 e. The molecule has 4 aliphatic rings. The van der Waals surface area contributed by atoms with Gasteiger partial charge in [0.05, 0.1) is 41.0 Å². The van der Waals surface area contributed by atoms with Gasteiger partial charge >= 0.3 is 6.09 Å². The number of benzene rings is 1. The van der Waals surface area contributed by atoms with E-state index in [9.17, 15) is 32.9 Å². The normalized spacial score (nSPS) is 29.9. The summed E-state index contributed by atoms with van der Waals surface area (Å²) in [4.78, 5) is 55.5. The van der Waals surface area contributed by atoms with Gasteiger partial charge in [-0.05, 0) is 76.5 Å². The third kappa shape index (κ3) is 6.63. The predicted molar refractivity (Wildman–Crippen MR) is 162 cm³/mol. The number of ether oxygens (including phenoxy) is 2. The number of allylic oxidation sites excluding steroid dienone is 1. The van der Waals surface area contributed by atoms with Gasteiger partial charge in [-0.2, -0.15) is 5.26 Å². The van der Waals surface area contributed by atoms with Crippen LogP contribution in [0.5, 0.6) is 5.75 Å². The first-order valence-corrected chi connectivity index (χ1v) is 16.7. The average molecular weight is 642 g/mol. The van der Waals surface area contributed by atoms with Gasteiger partial charge in [0, 0.05) is 19.5 Å². The van der Waals surface area contributed by atoms with Crippen molar-refractivity contribution in [2.45, 2.75) is 74.7 Å². The first kappa shape index (κ1) is 32.3. The van der Waals surface area contributed by atoms with E-state index in [1.54, 1.807) is 18.9 Å². The molecule has 5 rings (SSSR count). The molecule has 3 saturated carbocycles. The van der Waals surface area contributed by atoms with Gasteiger partial charge in [0.2, 0.25) is 21.8 Å². The lowest BCUT2D eigenvalue weighted by molar-refractivity contribution is -0.140. The fourth-order valence-electron chi connectivity index (χ4n) is 6.16. The number of nitrogens with one attached hydrogen (secondary N) is 3. The van der Waals surface area contributed by atoms with Gasteiger partial charge in [-0.15, -0.1) is 0 Å². The number of carbonyl (C=O) groups excluding carboxylic acids is 4. The zero-order valence-corrected chi connectivity index (χ0v) is 26.4. The molecular weight excluding hydrogens is 602 g/mol. The molecule has 4 amide bonds. The monoisotopic (exact) mass is 641 g/mol. The lowest BCUT2D eigenvalue weighted by atomic mass is 9.93. The Labute approximate surface area is 262 Å². The molecule has 5 atom stereocenters. The SMILES string of the molecule is COc1ccc(C#N)cc1NC(=O)O[C@@H]1C[C@H]2C(=O)N[C@]3(C(=O)NS(=O)(=O)C4(C)CC4)C[C@@H]3/C=C\CCCCN(C)C(=O)[C@@H]2C1. The van der Waals surface area contributed by atoms with Crippen LogP contribution in [0.15, 0.2) is 30.4 Å². The molecule has 45 heavy (non-hydrogen) atoms. The summed E-state index contributed by atoms with van der Waals surface area (Å²) in [5.74, 6) is -3.47. The number of methoxy groups -OCH3 is 1. The Morgan fingerprint density at radius 2 is 1.89 bits per heavy atom. The number of sulfonamides is 1. The van der Waals surface area contributed by atoms with E-state index in [-0.39, 0.29) is 30.9 Å². The quantitative estimate of drug-likeness (QED) is 0.393. The van der Waals surface area contributed by atoms with Gasteiger partial charge in [0.1, 0.15) is 17.4 Å². The van der Waals surface area contributed by atoms with Crippen molar-refractivity contribution in [3.05, 3.63) is 35.9 Å². The molecule has 0 bridgehead atoms. The average Bonchev–Trinajstić information content (AvgIpc) is 3.88. The summed E-state index contributed by atoms with van der Waals surface area (Å²) in [5, 5.41) is 14.6. The topological polar surface area (TPSA) is 184 Å². The van der Waals surface area contributed by atoms with Crippen molar-refractivity contribution in [3.8, 4) is 11.8 Å². The first-order chi connectivity index (χ1) is 21.3. The maximum atomic E-state index is 13.9. The summed E-state index contributed by atoms with van der Waals surface area (Å²) in [6.07, 6.45) is 5.59. The lowest BCUT2D eigenvalue weighted by Gasteiger charge is -2.27. The maximum absolute atomic E-state index is 13.9. The van der Waals surface area contributed by atoms with Gasteiger partial charge in [0.25, 0.3) is 5.91 Å². The van der Waals surface area contributed by atoms with E-state index in [1.807, 2.05) is 18.2 Å². The predicted octanol–water partition coefficient (Wildman–Crippen LogP) is 2.58. The Morgan fingerprint density at radius 1 is 1.16 bits per heavy atom. The molecule has 1 heterocycles. The number of amides is 4. The number of rotatable bonds is 6. The van der Waals surface area contributed by atoms with E-state index in [1.165, 1.54) is 25.3 Å². The number of hydrogen-bond acceptors (Lipinski definition) is 9. The molecule has 0 aromatic heterocycles. The van der Waals surface area contributed by atoms with Crippen LogP contribution in [0.2, 0.25) is 0 Å². The van der Waals surface area contributed by atoms with Crippen LogP contribution in [-0.2, 0) is 29.1 Å². The second-order valence-electron chi connectivity index (χ2n) is 12.7. The molecule has 1 aliphatic heterocycles. The lowest BCUT2D eigenvalue weighted by Crippen LogP contribution is -2.55. The Morgan fingerprint density at radius 3 is 2.58 bits per heavy atom. The van der Waals surface area contributed by atoms with Crippen molar-refractivity contribution < 1.29 is 37.1 Å². The van der Waals surface area contributed by atoms with Crippen LogP contribution in [0.25, 0.3) is 0 Å². The van der Waals surface area contributed by atoms with E-state index >= 15 is 0 Å². The summed E-state index contributed by atoms with van der Waals surface area (Å²) >= 11 is 0. The number of anilines is 1. The van der Waals surface area contributed by atoms with Gasteiger partial charge < -0.3 is 19.7 Å². The number of fused-ring (bicyclic) bond motifs is 2. The highest BCUT2D eigenvalue weighted by atomic mass is 32.2. The highest BCUT2D eigenvalue weighted by molar-refractivity contribution is 7.91. The van der Waals surface area contributed by atoms with Crippen molar-refractivity contribution in [2.24, 2.45) is 17.8 Å². The molecule has 3 N–H and O–H groups in total. The molecule has 0 saturated heterocycles. The smallest absolute Gasteiger partial charge is 0.412 e. The maximum Gasteiger partial charge on any atom is 0.412 e. The Bertz CT molecular complexity index is 1570. The van der Waals surface area contributed by atoms with Crippen LogP contribution in [0, 0.1) is 29.1 Å². The van der Waals surface area contributed by atoms with Gasteiger partial charge in [-0.3, -0.25) is 24.4 Å². The summed E-state index contributed by atoms with van der Waals surface area (Å²) in [7, 11) is -0.856. The van der Waals surface area contributed by atoms with Crippen LogP contribution in [-0.4, -0.2) is 74.2 Å². The van der Waals surface area contributed by atoms with Gasteiger partial charge in [-0.1, -0.05) is 12.2 Å². The van der Waals surface area contributed by atoms with Crippen LogP contribution < -0.4 is 20.1 Å². The molecule has 1 aromatic rings. The second-order valence-corrected chi connectivity index (χ2v) is 14.9. The van der Waals surface area contributed by atoms with Crippen molar-refractivity contribution >= 4 is 39.5 Å².